The molecule has 0 saturated heterocycles. The van der Waals surface area contributed by atoms with Crippen molar-refractivity contribution in [3.63, 3.8) is 0 Å². The van der Waals surface area contributed by atoms with Gasteiger partial charge in [0.2, 0.25) is 5.88 Å². The molecule has 204 valence electrons. The van der Waals surface area contributed by atoms with Gasteiger partial charge in [-0.2, -0.15) is 0 Å². The Labute approximate surface area is 230 Å². The molecule has 4 aromatic heterocycles. The zero-order chi connectivity index (χ0) is 28.4. The highest BCUT2D eigenvalue weighted by Gasteiger charge is 2.17. The Balaban J connectivity index is 1.43. The van der Waals surface area contributed by atoms with E-state index in [0.717, 1.165) is 16.3 Å². The largest absolute Gasteiger partial charge is 0.493 e. The molecule has 0 unspecified atom stereocenters. The van der Waals surface area contributed by atoms with E-state index < -0.39 is 11.7 Å². The smallest absolute Gasteiger partial charge is 0.412 e. The van der Waals surface area contributed by atoms with Crippen LogP contribution in [-0.4, -0.2) is 45.8 Å². The summed E-state index contributed by atoms with van der Waals surface area (Å²) in [4.78, 5) is 29.7. The van der Waals surface area contributed by atoms with Gasteiger partial charge in [-0.05, 0) is 50.4 Å². The molecule has 3 N–H and O–H groups in total. The van der Waals surface area contributed by atoms with Crippen LogP contribution >= 0.6 is 0 Å². The highest BCUT2D eigenvalue weighted by molar-refractivity contribution is 6.10. The molecule has 0 atom stereocenters. The van der Waals surface area contributed by atoms with Gasteiger partial charge < -0.3 is 24.7 Å². The molecule has 11 nitrogen and oxygen atoms in total. The highest BCUT2D eigenvalue weighted by Crippen LogP contribution is 2.37. The first-order valence-corrected chi connectivity index (χ1v) is 12.3. The second-order valence-corrected chi connectivity index (χ2v) is 9.86. The summed E-state index contributed by atoms with van der Waals surface area (Å²) in [5.74, 6) is 2.26. The number of fused-ring (bicyclic) bond motifs is 3. The number of nitrogen functional groups attached to an aromatic ring is 1. The molecule has 0 aliphatic rings. The van der Waals surface area contributed by atoms with Crippen LogP contribution in [0.2, 0.25) is 0 Å². The maximum Gasteiger partial charge on any atom is 0.412 e. The van der Waals surface area contributed by atoms with Gasteiger partial charge in [0.1, 0.15) is 17.2 Å². The van der Waals surface area contributed by atoms with Crippen molar-refractivity contribution < 1.29 is 23.7 Å². The molecule has 0 saturated carbocycles. The number of ether oxygens (including phenoxy) is 4. The highest BCUT2D eigenvalue weighted by atomic mass is 16.6. The van der Waals surface area contributed by atoms with Gasteiger partial charge in [-0.3, -0.25) is 15.3 Å². The second-order valence-electron chi connectivity index (χ2n) is 9.86. The second kappa shape index (κ2) is 10.5. The Morgan fingerprint density at radius 1 is 0.875 bits per heavy atom. The van der Waals surface area contributed by atoms with Gasteiger partial charge in [0.05, 0.1) is 43.5 Å². The minimum absolute atomic E-state index is 0.317. The van der Waals surface area contributed by atoms with Crippen LogP contribution in [0.1, 0.15) is 20.8 Å². The number of hydrogen-bond acceptors (Lipinski definition) is 10. The summed E-state index contributed by atoms with van der Waals surface area (Å²) in [5, 5.41) is 5.05. The molecule has 1 amide bonds. The van der Waals surface area contributed by atoms with Crippen molar-refractivity contribution in [1.29, 1.82) is 0 Å². The standard InChI is InChI=1S/C29H28N6O5/c1-29(2,3)40-28(36)34-17-6-7-26(33-13-17)39-18-8-16(12-31-14-18)22-9-19-20-10-24(37-4)25(38-5)11-23(20)32-15-21(19)27(30)35-22/h6-15H,1-5H3,(H2,30,35)(H,34,36). The Kier molecular flexibility index (Phi) is 6.95. The van der Waals surface area contributed by atoms with Gasteiger partial charge in [-0.1, -0.05) is 0 Å². The van der Waals surface area contributed by atoms with Gasteiger partial charge >= 0.3 is 6.09 Å². The lowest BCUT2D eigenvalue weighted by Gasteiger charge is -2.19. The van der Waals surface area contributed by atoms with E-state index in [1.165, 1.54) is 6.20 Å². The van der Waals surface area contributed by atoms with E-state index in [1.807, 2.05) is 18.2 Å². The van der Waals surface area contributed by atoms with Gasteiger partial charge in [-0.25, -0.2) is 14.8 Å². The molecule has 1 aromatic carbocycles. The van der Waals surface area contributed by atoms with E-state index in [1.54, 1.807) is 71.8 Å². The summed E-state index contributed by atoms with van der Waals surface area (Å²) < 4.78 is 22.1. The first kappa shape index (κ1) is 26.4. The van der Waals surface area contributed by atoms with Crippen molar-refractivity contribution in [2.75, 3.05) is 25.3 Å². The third kappa shape index (κ3) is 5.63. The number of rotatable bonds is 6. The lowest BCUT2D eigenvalue weighted by Crippen LogP contribution is -2.27. The van der Waals surface area contributed by atoms with Crippen molar-refractivity contribution >= 4 is 39.3 Å². The molecule has 11 heteroatoms. The number of pyridine rings is 4. The molecule has 0 spiro atoms. The van der Waals surface area contributed by atoms with Crippen molar-refractivity contribution in [2.24, 2.45) is 0 Å². The predicted molar refractivity (Wildman–Crippen MR) is 152 cm³/mol. The number of aromatic nitrogens is 4. The van der Waals surface area contributed by atoms with Gasteiger partial charge in [0.25, 0.3) is 0 Å². The number of hydrogen-bond donors (Lipinski definition) is 2. The number of amides is 1. The Bertz CT molecular complexity index is 1720. The van der Waals surface area contributed by atoms with E-state index in [4.69, 9.17) is 24.7 Å². The SMILES string of the molecule is COc1cc2ncc3c(N)nc(-c4cncc(Oc5ccc(NC(=O)OC(C)(C)C)cn5)c4)cc3c2cc1OC. The number of carbonyl (C=O) groups excluding carboxylic acids is 1. The van der Waals surface area contributed by atoms with E-state index in [-0.39, 0.29) is 0 Å². The fourth-order valence-corrected chi connectivity index (χ4v) is 4.08. The summed E-state index contributed by atoms with van der Waals surface area (Å²) in [6, 6.07) is 10.7. The number of carbonyl (C=O) groups is 1. The summed E-state index contributed by atoms with van der Waals surface area (Å²) in [5.41, 5.74) is 8.25. The molecule has 0 aliphatic heterocycles. The monoisotopic (exact) mass is 540 g/mol. The maximum atomic E-state index is 12.0. The molecule has 5 rings (SSSR count). The van der Waals surface area contributed by atoms with Crippen molar-refractivity contribution in [3.8, 4) is 34.4 Å². The summed E-state index contributed by atoms with van der Waals surface area (Å²) in [7, 11) is 3.17. The van der Waals surface area contributed by atoms with Gasteiger partial charge in [0.15, 0.2) is 11.5 Å². The molecule has 4 heterocycles. The van der Waals surface area contributed by atoms with E-state index >= 15 is 0 Å². The van der Waals surface area contributed by atoms with Crippen LogP contribution < -0.4 is 25.3 Å². The van der Waals surface area contributed by atoms with Crippen LogP contribution in [0.3, 0.4) is 0 Å². The Morgan fingerprint density at radius 3 is 2.35 bits per heavy atom. The molecule has 0 bridgehead atoms. The van der Waals surface area contributed by atoms with Crippen LogP contribution in [0, 0.1) is 0 Å². The number of anilines is 2. The third-order valence-corrected chi connectivity index (χ3v) is 5.83. The summed E-state index contributed by atoms with van der Waals surface area (Å²) in [6.45, 7) is 5.37. The van der Waals surface area contributed by atoms with Crippen LogP contribution in [0.5, 0.6) is 23.1 Å². The van der Waals surface area contributed by atoms with Crippen molar-refractivity contribution in [1.82, 2.24) is 19.9 Å². The molecule has 0 aliphatic carbocycles. The fraction of sp³-hybridized carbons (Fsp3) is 0.207. The maximum absolute atomic E-state index is 12.0. The van der Waals surface area contributed by atoms with Crippen LogP contribution in [0.25, 0.3) is 32.9 Å². The third-order valence-electron chi connectivity index (χ3n) is 5.83. The van der Waals surface area contributed by atoms with Gasteiger partial charge in [-0.15, -0.1) is 0 Å². The zero-order valence-corrected chi connectivity index (χ0v) is 22.7. The fourth-order valence-electron chi connectivity index (χ4n) is 4.08. The quantitative estimate of drug-likeness (QED) is 0.247. The lowest BCUT2D eigenvalue weighted by atomic mass is 10.0. The first-order valence-electron chi connectivity index (χ1n) is 12.3. The number of nitrogens with one attached hydrogen (secondary N) is 1. The van der Waals surface area contributed by atoms with Gasteiger partial charge in [0, 0.05) is 40.9 Å². The first-order chi connectivity index (χ1) is 19.1. The summed E-state index contributed by atoms with van der Waals surface area (Å²) >= 11 is 0. The number of nitrogens with zero attached hydrogens (tertiary/aromatic N) is 4. The van der Waals surface area contributed by atoms with Crippen molar-refractivity contribution in [3.05, 3.63) is 61.2 Å². The normalized spacial score (nSPS) is 11.3. The molecule has 5 aromatic rings. The predicted octanol–water partition coefficient (Wildman–Crippen LogP) is 5.98. The molecular weight excluding hydrogens is 512 g/mol. The lowest BCUT2D eigenvalue weighted by molar-refractivity contribution is 0.0636. The summed E-state index contributed by atoms with van der Waals surface area (Å²) in [6.07, 6.45) is 5.85. The van der Waals surface area contributed by atoms with Crippen LogP contribution in [-0.2, 0) is 4.74 Å². The Hall–Kier alpha value is -5.19. The topological polar surface area (TPSA) is 144 Å². The number of methoxy groups -OCH3 is 2. The molecular formula is C29H28N6O5. The average molecular weight is 541 g/mol. The van der Waals surface area contributed by atoms with Crippen LogP contribution in [0.15, 0.2) is 61.2 Å². The van der Waals surface area contributed by atoms with E-state index in [9.17, 15) is 4.79 Å². The number of nitrogens with two attached hydrogens (primary N) is 1. The minimum Gasteiger partial charge on any atom is -0.493 e. The zero-order valence-electron chi connectivity index (χ0n) is 22.7. The van der Waals surface area contributed by atoms with Crippen molar-refractivity contribution in [2.45, 2.75) is 26.4 Å². The minimum atomic E-state index is -0.604. The average Bonchev–Trinajstić information content (AvgIpc) is 2.92. The molecule has 40 heavy (non-hydrogen) atoms. The van der Waals surface area contributed by atoms with Crippen LogP contribution in [0.4, 0.5) is 16.3 Å². The van der Waals surface area contributed by atoms with E-state index in [2.05, 4.69) is 25.3 Å². The van der Waals surface area contributed by atoms with E-state index in [0.29, 0.717) is 51.3 Å². The molecule has 0 fully saturated rings. The molecule has 0 radical (unpaired) electrons. The Morgan fingerprint density at radius 2 is 1.65 bits per heavy atom. The number of benzene rings is 1.